The Balaban J connectivity index is 1.53. The second-order valence-corrected chi connectivity index (χ2v) is 9.77. The van der Waals surface area contributed by atoms with E-state index in [0.29, 0.717) is 5.56 Å². The van der Waals surface area contributed by atoms with Gasteiger partial charge in [0.25, 0.3) is 5.91 Å². The third-order valence-electron chi connectivity index (χ3n) is 5.36. The molecular formula is C24H26N4O5S. The Hall–Kier alpha value is -3.68. The Kier molecular flexibility index (Phi) is 8.04. The normalized spacial score (nSPS) is 14.9. The molecule has 34 heavy (non-hydrogen) atoms. The van der Waals surface area contributed by atoms with Crippen molar-refractivity contribution in [3.63, 3.8) is 0 Å². The van der Waals surface area contributed by atoms with E-state index < -0.39 is 28.5 Å². The van der Waals surface area contributed by atoms with Crippen LogP contribution in [0.2, 0.25) is 0 Å². The number of anilines is 1. The molecule has 0 aliphatic carbocycles. The van der Waals surface area contributed by atoms with Crippen molar-refractivity contribution in [3.8, 4) is 6.07 Å². The van der Waals surface area contributed by atoms with Gasteiger partial charge in [-0.3, -0.25) is 4.79 Å². The van der Waals surface area contributed by atoms with Gasteiger partial charge >= 0.3 is 5.97 Å². The number of esters is 1. The van der Waals surface area contributed by atoms with Crippen LogP contribution in [-0.2, 0) is 24.3 Å². The number of ether oxygens (including phenoxy) is 1. The van der Waals surface area contributed by atoms with Gasteiger partial charge in [-0.2, -0.15) is 9.57 Å². The minimum absolute atomic E-state index is 0.142. The van der Waals surface area contributed by atoms with Crippen LogP contribution >= 0.6 is 0 Å². The summed E-state index contributed by atoms with van der Waals surface area (Å²) in [5, 5.41) is 9.33. The standard InChI is InChI=1S/C24H26N4O5S/c1-26(2)21-10-8-19(9-11-21)16-20(17-25)24(30)33-18-23(29)27-12-14-28(15-13-27)34(31,32)22-6-4-3-5-7-22/h3-11,16H,12-15,18H2,1-2H3/b20-16+. The molecule has 9 nitrogen and oxygen atoms in total. The predicted molar refractivity (Wildman–Crippen MR) is 127 cm³/mol. The van der Waals surface area contributed by atoms with Crippen molar-refractivity contribution in [3.05, 3.63) is 65.7 Å². The van der Waals surface area contributed by atoms with Crippen LogP contribution in [0.5, 0.6) is 0 Å². The maximum Gasteiger partial charge on any atom is 0.349 e. The van der Waals surface area contributed by atoms with Gasteiger partial charge in [0.15, 0.2) is 6.61 Å². The molecule has 0 atom stereocenters. The fraction of sp³-hybridized carbons (Fsp3) is 0.292. The van der Waals surface area contributed by atoms with Gasteiger partial charge in [0, 0.05) is 46.0 Å². The zero-order chi connectivity index (χ0) is 24.7. The molecule has 1 aliphatic heterocycles. The molecule has 1 saturated heterocycles. The Morgan fingerprint density at radius 2 is 1.65 bits per heavy atom. The average molecular weight is 483 g/mol. The number of carbonyl (C=O) groups excluding carboxylic acids is 2. The van der Waals surface area contributed by atoms with Crippen molar-refractivity contribution >= 4 is 33.7 Å². The van der Waals surface area contributed by atoms with Crippen LogP contribution in [0.25, 0.3) is 6.08 Å². The number of nitrogens with zero attached hydrogens (tertiary/aromatic N) is 4. The third kappa shape index (κ3) is 6.01. The highest BCUT2D eigenvalue weighted by molar-refractivity contribution is 7.89. The number of rotatable bonds is 7. The van der Waals surface area contributed by atoms with E-state index in [1.807, 2.05) is 31.1 Å². The topological polar surface area (TPSA) is 111 Å². The van der Waals surface area contributed by atoms with Gasteiger partial charge in [-0.1, -0.05) is 30.3 Å². The summed E-state index contributed by atoms with van der Waals surface area (Å²) < 4.78 is 31.8. The quantitative estimate of drug-likeness (QED) is 0.336. The monoisotopic (exact) mass is 482 g/mol. The third-order valence-corrected chi connectivity index (χ3v) is 7.27. The summed E-state index contributed by atoms with van der Waals surface area (Å²) in [5.74, 6) is -1.34. The van der Waals surface area contributed by atoms with Crippen molar-refractivity contribution in [2.24, 2.45) is 0 Å². The highest BCUT2D eigenvalue weighted by atomic mass is 32.2. The average Bonchev–Trinajstić information content (AvgIpc) is 2.86. The van der Waals surface area contributed by atoms with E-state index in [0.717, 1.165) is 5.69 Å². The van der Waals surface area contributed by atoms with E-state index in [9.17, 15) is 23.3 Å². The summed E-state index contributed by atoms with van der Waals surface area (Å²) >= 11 is 0. The number of benzene rings is 2. The zero-order valence-electron chi connectivity index (χ0n) is 19.0. The first-order chi connectivity index (χ1) is 16.2. The number of nitriles is 1. The molecule has 0 unspecified atom stereocenters. The molecule has 1 heterocycles. The molecule has 1 aliphatic rings. The predicted octanol–water partition coefficient (Wildman–Crippen LogP) is 1.74. The molecule has 1 amide bonds. The van der Waals surface area contributed by atoms with E-state index in [4.69, 9.17) is 4.74 Å². The fourth-order valence-electron chi connectivity index (χ4n) is 3.39. The lowest BCUT2D eigenvalue weighted by Crippen LogP contribution is -2.51. The summed E-state index contributed by atoms with van der Waals surface area (Å²) in [5.41, 5.74) is 1.41. The summed E-state index contributed by atoms with van der Waals surface area (Å²) in [4.78, 5) is 28.4. The van der Waals surface area contributed by atoms with E-state index in [1.165, 1.54) is 27.4 Å². The van der Waals surface area contributed by atoms with Gasteiger partial charge in [0.1, 0.15) is 11.6 Å². The summed E-state index contributed by atoms with van der Waals surface area (Å²) in [6.45, 7) is 0.124. The van der Waals surface area contributed by atoms with Crippen molar-refractivity contribution in [2.45, 2.75) is 4.90 Å². The maximum absolute atomic E-state index is 12.7. The van der Waals surface area contributed by atoms with Crippen LogP contribution in [0.4, 0.5) is 5.69 Å². The van der Waals surface area contributed by atoms with Gasteiger partial charge in [0.05, 0.1) is 4.90 Å². The molecule has 2 aromatic rings. The summed E-state index contributed by atoms with van der Waals surface area (Å²) in [6.07, 6.45) is 1.40. The highest BCUT2D eigenvalue weighted by Crippen LogP contribution is 2.18. The Bertz CT molecular complexity index is 1190. The molecule has 0 N–H and O–H groups in total. The second-order valence-electron chi connectivity index (χ2n) is 7.83. The maximum atomic E-state index is 12.7. The molecule has 0 aromatic heterocycles. The van der Waals surface area contributed by atoms with Crippen molar-refractivity contribution in [2.75, 3.05) is 51.8 Å². The Labute approximate surface area is 199 Å². The molecule has 2 aromatic carbocycles. The molecule has 0 saturated carbocycles. The van der Waals surface area contributed by atoms with Crippen molar-refractivity contribution < 1.29 is 22.7 Å². The molecule has 0 radical (unpaired) electrons. The number of sulfonamides is 1. The lowest BCUT2D eigenvalue weighted by atomic mass is 10.1. The fourth-order valence-corrected chi connectivity index (χ4v) is 4.83. The molecule has 10 heteroatoms. The second kappa shape index (κ2) is 11.0. The van der Waals surface area contributed by atoms with Gasteiger partial charge in [-0.15, -0.1) is 0 Å². The Morgan fingerprint density at radius 3 is 2.21 bits per heavy atom. The molecule has 1 fully saturated rings. The molecule has 0 spiro atoms. The van der Waals surface area contributed by atoms with E-state index in [2.05, 4.69) is 0 Å². The van der Waals surface area contributed by atoms with Crippen molar-refractivity contribution in [1.29, 1.82) is 5.26 Å². The lowest BCUT2D eigenvalue weighted by Gasteiger charge is -2.33. The summed E-state index contributed by atoms with van der Waals surface area (Å²) in [7, 11) is 0.185. The zero-order valence-corrected chi connectivity index (χ0v) is 19.9. The molecule has 178 valence electrons. The first kappa shape index (κ1) is 25.0. The Morgan fingerprint density at radius 1 is 1.03 bits per heavy atom. The number of hydrogen-bond donors (Lipinski definition) is 0. The minimum Gasteiger partial charge on any atom is -0.451 e. The molecular weight excluding hydrogens is 456 g/mol. The van der Waals surface area contributed by atoms with E-state index >= 15 is 0 Å². The van der Waals surface area contributed by atoms with Gasteiger partial charge in [0.2, 0.25) is 10.0 Å². The smallest absolute Gasteiger partial charge is 0.349 e. The molecule has 0 bridgehead atoms. The van der Waals surface area contributed by atoms with E-state index in [1.54, 1.807) is 36.4 Å². The van der Waals surface area contributed by atoms with Gasteiger partial charge in [-0.05, 0) is 35.9 Å². The number of hydrogen-bond acceptors (Lipinski definition) is 7. The van der Waals surface area contributed by atoms with Crippen LogP contribution in [0.3, 0.4) is 0 Å². The highest BCUT2D eigenvalue weighted by Gasteiger charge is 2.30. The number of amides is 1. The molecule has 3 rings (SSSR count). The first-order valence-electron chi connectivity index (χ1n) is 10.6. The minimum atomic E-state index is -3.63. The SMILES string of the molecule is CN(C)c1ccc(/C=C(\C#N)C(=O)OCC(=O)N2CCN(S(=O)(=O)c3ccccc3)CC2)cc1. The number of piperazine rings is 1. The first-order valence-corrected chi connectivity index (χ1v) is 12.1. The van der Waals surface area contributed by atoms with E-state index in [-0.39, 0.29) is 36.6 Å². The number of carbonyl (C=O) groups is 2. The largest absolute Gasteiger partial charge is 0.451 e. The van der Waals surface area contributed by atoms with Gasteiger partial charge < -0.3 is 14.5 Å². The summed E-state index contributed by atoms with van der Waals surface area (Å²) in [6, 6.07) is 17.2. The lowest BCUT2D eigenvalue weighted by molar-refractivity contribution is -0.149. The van der Waals surface area contributed by atoms with Crippen LogP contribution in [-0.4, -0.2) is 76.4 Å². The van der Waals surface area contributed by atoms with Crippen LogP contribution < -0.4 is 4.90 Å². The van der Waals surface area contributed by atoms with Crippen LogP contribution in [0.15, 0.2) is 65.1 Å². The van der Waals surface area contributed by atoms with Crippen LogP contribution in [0.1, 0.15) is 5.56 Å². The van der Waals surface area contributed by atoms with Gasteiger partial charge in [-0.25, -0.2) is 13.2 Å². The van der Waals surface area contributed by atoms with Crippen molar-refractivity contribution in [1.82, 2.24) is 9.21 Å². The van der Waals surface area contributed by atoms with Crippen LogP contribution in [0, 0.1) is 11.3 Å².